The molecular formula is C20H25N3O4. The average molecular weight is 371 g/mol. The summed E-state index contributed by atoms with van der Waals surface area (Å²) in [6, 6.07) is 6.77. The number of amides is 3. The SMILES string of the molecule is O=C(NCC[C@@H]1C[C@H]2CC[C@H]1C2)C(=O)Nc1ccc(N2CCOC2=O)cc1. The minimum absolute atomic E-state index is 0.373. The Labute approximate surface area is 158 Å². The molecule has 7 heteroatoms. The molecular weight excluding hydrogens is 346 g/mol. The number of anilines is 2. The lowest BCUT2D eigenvalue weighted by Crippen LogP contribution is -2.36. The smallest absolute Gasteiger partial charge is 0.414 e. The largest absolute Gasteiger partial charge is 0.447 e. The van der Waals surface area contributed by atoms with Crippen LogP contribution in [0.2, 0.25) is 0 Å². The number of hydrogen-bond acceptors (Lipinski definition) is 4. The van der Waals surface area contributed by atoms with E-state index in [9.17, 15) is 14.4 Å². The number of benzene rings is 1. The summed E-state index contributed by atoms with van der Waals surface area (Å²) < 4.78 is 4.90. The average Bonchev–Trinajstić information content (AvgIpc) is 3.39. The fourth-order valence-corrected chi connectivity index (χ4v) is 4.72. The lowest BCUT2D eigenvalue weighted by Gasteiger charge is -2.21. The minimum Gasteiger partial charge on any atom is -0.447 e. The van der Waals surface area contributed by atoms with E-state index in [1.165, 1.54) is 30.6 Å². The summed E-state index contributed by atoms with van der Waals surface area (Å²) in [5, 5.41) is 5.32. The van der Waals surface area contributed by atoms with Crippen LogP contribution in [-0.2, 0) is 14.3 Å². The molecule has 3 aliphatic rings. The molecule has 7 nitrogen and oxygen atoms in total. The van der Waals surface area contributed by atoms with Gasteiger partial charge in [-0.15, -0.1) is 0 Å². The highest BCUT2D eigenvalue weighted by Crippen LogP contribution is 2.49. The van der Waals surface area contributed by atoms with E-state index >= 15 is 0 Å². The standard InChI is InChI=1S/C20H25N3O4/c24-18(21-8-7-15-12-13-1-2-14(15)11-13)19(25)22-16-3-5-17(6-4-16)23-9-10-27-20(23)26/h3-6,13-15H,1-2,7-12H2,(H,21,24)(H,22,25)/t13-,14-,15+/m0/s1. The number of nitrogens with one attached hydrogen (secondary N) is 2. The molecule has 3 amide bonds. The molecule has 144 valence electrons. The summed E-state index contributed by atoms with van der Waals surface area (Å²) in [6.45, 7) is 1.44. The fraction of sp³-hybridized carbons (Fsp3) is 0.550. The van der Waals surface area contributed by atoms with Crippen LogP contribution in [0.4, 0.5) is 16.2 Å². The summed E-state index contributed by atoms with van der Waals surface area (Å²) in [6.07, 6.45) is 5.92. The van der Waals surface area contributed by atoms with Crippen molar-refractivity contribution in [3.8, 4) is 0 Å². The van der Waals surface area contributed by atoms with Gasteiger partial charge in [0.2, 0.25) is 0 Å². The van der Waals surface area contributed by atoms with Crippen molar-refractivity contribution in [1.82, 2.24) is 5.32 Å². The van der Waals surface area contributed by atoms with Gasteiger partial charge in [-0.1, -0.05) is 6.42 Å². The maximum absolute atomic E-state index is 12.1. The normalized spacial score (nSPS) is 26.1. The van der Waals surface area contributed by atoms with Crippen molar-refractivity contribution in [1.29, 1.82) is 0 Å². The van der Waals surface area contributed by atoms with E-state index in [2.05, 4.69) is 10.6 Å². The van der Waals surface area contributed by atoms with E-state index < -0.39 is 11.8 Å². The molecule has 1 aromatic carbocycles. The topological polar surface area (TPSA) is 87.7 Å². The van der Waals surface area contributed by atoms with Crippen molar-refractivity contribution in [3.05, 3.63) is 24.3 Å². The van der Waals surface area contributed by atoms with E-state index in [4.69, 9.17) is 4.74 Å². The predicted octanol–water partition coefficient (Wildman–Crippen LogP) is 2.52. The zero-order valence-electron chi connectivity index (χ0n) is 15.3. The van der Waals surface area contributed by atoms with Crippen molar-refractivity contribution in [2.45, 2.75) is 32.1 Å². The monoisotopic (exact) mass is 371 g/mol. The molecule has 27 heavy (non-hydrogen) atoms. The van der Waals surface area contributed by atoms with Gasteiger partial charge in [0.05, 0.1) is 6.54 Å². The molecule has 0 aromatic heterocycles. The van der Waals surface area contributed by atoms with Crippen LogP contribution in [-0.4, -0.2) is 37.6 Å². The van der Waals surface area contributed by atoms with Crippen LogP contribution in [0, 0.1) is 17.8 Å². The Hall–Kier alpha value is -2.57. The van der Waals surface area contributed by atoms with Crippen LogP contribution in [0.3, 0.4) is 0 Å². The Balaban J connectivity index is 1.22. The van der Waals surface area contributed by atoms with Gasteiger partial charge >= 0.3 is 17.9 Å². The Kier molecular flexibility index (Phi) is 5.01. The van der Waals surface area contributed by atoms with E-state index in [1.54, 1.807) is 24.3 Å². The van der Waals surface area contributed by atoms with Crippen LogP contribution in [0.5, 0.6) is 0 Å². The van der Waals surface area contributed by atoms with Crippen molar-refractivity contribution in [2.75, 3.05) is 29.9 Å². The summed E-state index contributed by atoms with van der Waals surface area (Å²) >= 11 is 0. The Morgan fingerprint density at radius 2 is 1.93 bits per heavy atom. The number of ether oxygens (including phenoxy) is 1. The molecule has 1 aliphatic heterocycles. The third-order valence-corrected chi connectivity index (χ3v) is 6.09. The van der Waals surface area contributed by atoms with Crippen LogP contribution in [0.15, 0.2) is 24.3 Å². The Morgan fingerprint density at radius 3 is 2.56 bits per heavy atom. The summed E-state index contributed by atoms with van der Waals surface area (Å²) in [5.74, 6) is 1.15. The lowest BCUT2D eigenvalue weighted by molar-refractivity contribution is -0.136. The molecule has 4 rings (SSSR count). The van der Waals surface area contributed by atoms with Gasteiger partial charge in [-0.25, -0.2) is 4.79 Å². The molecule has 2 bridgehead atoms. The first-order valence-corrected chi connectivity index (χ1v) is 9.73. The van der Waals surface area contributed by atoms with E-state index in [-0.39, 0.29) is 6.09 Å². The second-order valence-corrected chi connectivity index (χ2v) is 7.75. The third-order valence-electron chi connectivity index (χ3n) is 6.09. The predicted molar refractivity (Wildman–Crippen MR) is 100 cm³/mol. The van der Waals surface area contributed by atoms with Crippen molar-refractivity contribution in [3.63, 3.8) is 0 Å². The summed E-state index contributed by atoms with van der Waals surface area (Å²) in [5.41, 5.74) is 1.21. The van der Waals surface area contributed by atoms with Gasteiger partial charge in [-0.05, 0) is 67.7 Å². The van der Waals surface area contributed by atoms with Gasteiger partial charge in [-0.2, -0.15) is 0 Å². The maximum Gasteiger partial charge on any atom is 0.414 e. The first-order valence-electron chi connectivity index (χ1n) is 9.73. The van der Waals surface area contributed by atoms with Crippen molar-refractivity contribution >= 4 is 29.3 Å². The van der Waals surface area contributed by atoms with E-state index in [1.807, 2.05) is 0 Å². The molecule has 3 atom stereocenters. The first-order chi connectivity index (χ1) is 13.1. The van der Waals surface area contributed by atoms with Crippen LogP contribution in [0.1, 0.15) is 32.1 Å². The van der Waals surface area contributed by atoms with Gasteiger partial charge in [0.1, 0.15) is 6.61 Å². The number of hydrogen-bond donors (Lipinski definition) is 2. The summed E-state index contributed by atoms with van der Waals surface area (Å²) in [7, 11) is 0. The quantitative estimate of drug-likeness (QED) is 0.779. The molecule has 1 aromatic rings. The van der Waals surface area contributed by atoms with Crippen LogP contribution >= 0.6 is 0 Å². The first kappa shape index (κ1) is 17.8. The van der Waals surface area contributed by atoms with E-state index in [0.717, 1.165) is 18.3 Å². The van der Waals surface area contributed by atoms with Crippen molar-refractivity contribution in [2.24, 2.45) is 17.8 Å². The van der Waals surface area contributed by atoms with Gasteiger partial charge in [0, 0.05) is 17.9 Å². The Morgan fingerprint density at radius 1 is 1.11 bits per heavy atom. The van der Waals surface area contributed by atoms with E-state index in [0.29, 0.717) is 37.0 Å². The van der Waals surface area contributed by atoms with Gasteiger partial charge in [0.15, 0.2) is 0 Å². The second-order valence-electron chi connectivity index (χ2n) is 7.75. The van der Waals surface area contributed by atoms with Gasteiger partial charge < -0.3 is 15.4 Å². The number of nitrogens with zero attached hydrogens (tertiary/aromatic N) is 1. The number of carbonyl (C=O) groups is 3. The molecule has 3 fully saturated rings. The molecule has 0 unspecified atom stereocenters. The molecule has 1 saturated heterocycles. The molecule has 0 spiro atoms. The number of fused-ring (bicyclic) bond motifs is 2. The summed E-state index contributed by atoms with van der Waals surface area (Å²) in [4.78, 5) is 37.1. The number of cyclic esters (lactones) is 1. The number of rotatable bonds is 5. The maximum atomic E-state index is 12.1. The zero-order chi connectivity index (χ0) is 18.8. The molecule has 0 radical (unpaired) electrons. The minimum atomic E-state index is -0.670. The highest BCUT2D eigenvalue weighted by atomic mass is 16.6. The second kappa shape index (κ2) is 7.58. The molecule has 2 N–H and O–H groups in total. The molecule has 1 heterocycles. The molecule has 2 saturated carbocycles. The number of carbonyl (C=O) groups excluding carboxylic acids is 3. The molecule has 2 aliphatic carbocycles. The van der Waals surface area contributed by atoms with Crippen LogP contribution in [0.25, 0.3) is 0 Å². The van der Waals surface area contributed by atoms with Crippen LogP contribution < -0.4 is 15.5 Å². The fourth-order valence-electron chi connectivity index (χ4n) is 4.72. The highest BCUT2D eigenvalue weighted by Gasteiger charge is 2.38. The lowest BCUT2D eigenvalue weighted by atomic mass is 9.86. The van der Waals surface area contributed by atoms with Gasteiger partial charge in [-0.3, -0.25) is 14.5 Å². The van der Waals surface area contributed by atoms with Gasteiger partial charge in [0.25, 0.3) is 0 Å². The Bertz CT molecular complexity index is 733. The van der Waals surface area contributed by atoms with Crippen molar-refractivity contribution < 1.29 is 19.1 Å². The third kappa shape index (κ3) is 3.91. The zero-order valence-corrected chi connectivity index (χ0v) is 15.3. The highest BCUT2D eigenvalue weighted by molar-refractivity contribution is 6.39.